The van der Waals surface area contributed by atoms with E-state index < -0.39 is 0 Å². The van der Waals surface area contributed by atoms with E-state index in [-0.39, 0.29) is 0 Å². The summed E-state index contributed by atoms with van der Waals surface area (Å²) < 4.78 is 2.88. The van der Waals surface area contributed by atoms with Gasteiger partial charge in [0.25, 0.3) is 0 Å². The van der Waals surface area contributed by atoms with E-state index in [4.69, 9.17) is 12.2 Å². The summed E-state index contributed by atoms with van der Waals surface area (Å²) in [5.41, 5.74) is 3.71. The molecule has 3 heteroatoms. The smallest absolute Gasteiger partial charge is 0.182 e. The average molecular weight is 260 g/mol. The molecule has 0 aliphatic heterocycles. The molecule has 96 valence electrons. The minimum atomic E-state index is 0.447. The summed E-state index contributed by atoms with van der Waals surface area (Å²) in [7, 11) is 0. The van der Waals surface area contributed by atoms with Crippen LogP contribution in [0.1, 0.15) is 50.8 Å². The minimum Gasteiger partial charge on any atom is -0.337 e. The van der Waals surface area contributed by atoms with Crippen LogP contribution in [0.3, 0.4) is 0 Å². The summed E-state index contributed by atoms with van der Waals surface area (Å²) in [6, 6.07) is 8.65. The van der Waals surface area contributed by atoms with Gasteiger partial charge >= 0.3 is 0 Å². The monoisotopic (exact) mass is 260 g/mol. The summed E-state index contributed by atoms with van der Waals surface area (Å²) in [6.07, 6.45) is 2.00. The highest BCUT2D eigenvalue weighted by Gasteiger charge is 2.09. The first kappa shape index (κ1) is 13.1. The molecule has 0 radical (unpaired) electrons. The molecule has 1 heterocycles. The number of nitrogens with zero attached hydrogens (tertiary/aromatic N) is 1. The molecule has 0 saturated carbocycles. The molecule has 1 aromatic heterocycles. The van der Waals surface area contributed by atoms with Crippen LogP contribution in [0.25, 0.3) is 5.69 Å². The van der Waals surface area contributed by atoms with Crippen molar-refractivity contribution in [1.82, 2.24) is 9.55 Å². The lowest BCUT2D eigenvalue weighted by atomic mass is 10.0. The van der Waals surface area contributed by atoms with Crippen molar-refractivity contribution in [1.29, 1.82) is 0 Å². The predicted octanol–water partition coefficient (Wildman–Crippen LogP) is 4.78. The Hall–Kier alpha value is -1.35. The molecule has 2 rings (SSSR count). The van der Waals surface area contributed by atoms with Crippen molar-refractivity contribution >= 4 is 12.2 Å². The Kier molecular flexibility index (Phi) is 3.71. The topological polar surface area (TPSA) is 20.7 Å². The molecule has 0 unspecified atom stereocenters. The van der Waals surface area contributed by atoms with Crippen LogP contribution in [-0.4, -0.2) is 9.55 Å². The lowest BCUT2D eigenvalue weighted by Crippen LogP contribution is -2.02. The molecule has 0 aliphatic carbocycles. The zero-order chi connectivity index (χ0) is 13.3. The Labute approximate surface area is 114 Å². The van der Waals surface area contributed by atoms with Crippen molar-refractivity contribution in [2.45, 2.75) is 39.5 Å². The van der Waals surface area contributed by atoms with E-state index in [0.29, 0.717) is 11.8 Å². The molecule has 0 saturated heterocycles. The third-order valence-corrected chi connectivity index (χ3v) is 3.51. The van der Waals surface area contributed by atoms with Gasteiger partial charge in [-0.2, -0.15) is 0 Å². The van der Waals surface area contributed by atoms with Crippen molar-refractivity contribution in [2.75, 3.05) is 0 Å². The number of imidazole rings is 1. The van der Waals surface area contributed by atoms with E-state index >= 15 is 0 Å². The Morgan fingerprint density at radius 1 is 1.00 bits per heavy atom. The van der Waals surface area contributed by atoms with Gasteiger partial charge in [0, 0.05) is 17.6 Å². The number of aromatic amines is 1. The standard InChI is InChI=1S/C15H20N2S/c1-10(2)12-5-7-13(8-6-12)17-14(11(3)4)9-16-15(17)18/h5-11H,1-4H3,(H,16,18). The summed E-state index contributed by atoms with van der Waals surface area (Å²) in [6.45, 7) is 8.76. The number of rotatable bonds is 3. The van der Waals surface area contributed by atoms with E-state index in [1.54, 1.807) is 0 Å². The van der Waals surface area contributed by atoms with Gasteiger partial charge in [-0.05, 0) is 41.7 Å². The van der Waals surface area contributed by atoms with E-state index in [1.807, 2.05) is 6.20 Å². The van der Waals surface area contributed by atoms with Crippen LogP contribution in [0, 0.1) is 4.77 Å². The lowest BCUT2D eigenvalue weighted by Gasteiger charge is -2.12. The molecule has 0 amide bonds. The SMILES string of the molecule is CC(C)c1ccc(-n2c(C(C)C)c[nH]c2=S)cc1. The quantitative estimate of drug-likeness (QED) is 0.787. The average Bonchev–Trinajstić information content (AvgIpc) is 2.71. The van der Waals surface area contributed by atoms with Crippen molar-refractivity contribution in [3.63, 3.8) is 0 Å². The maximum Gasteiger partial charge on any atom is 0.182 e. The number of H-pyrrole nitrogens is 1. The Morgan fingerprint density at radius 2 is 1.61 bits per heavy atom. The third-order valence-electron chi connectivity index (χ3n) is 3.21. The molecule has 0 fully saturated rings. The van der Waals surface area contributed by atoms with Gasteiger partial charge in [0.15, 0.2) is 4.77 Å². The van der Waals surface area contributed by atoms with Crippen LogP contribution in [0.5, 0.6) is 0 Å². The maximum absolute atomic E-state index is 5.37. The molecule has 1 N–H and O–H groups in total. The normalized spacial score (nSPS) is 11.4. The number of hydrogen-bond donors (Lipinski definition) is 1. The van der Waals surface area contributed by atoms with E-state index in [0.717, 1.165) is 10.5 Å². The molecule has 18 heavy (non-hydrogen) atoms. The van der Waals surface area contributed by atoms with E-state index in [2.05, 4.69) is 61.5 Å². The van der Waals surface area contributed by atoms with Crippen LogP contribution in [-0.2, 0) is 0 Å². The van der Waals surface area contributed by atoms with Gasteiger partial charge in [-0.1, -0.05) is 39.8 Å². The zero-order valence-electron chi connectivity index (χ0n) is 11.4. The van der Waals surface area contributed by atoms with Gasteiger partial charge < -0.3 is 4.98 Å². The number of benzene rings is 1. The molecular weight excluding hydrogens is 240 g/mol. The number of aromatic nitrogens is 2. The molecule has 0 bridgehead atoms. The summed E-state index contributed by atoms with van der Waals surface area (Å²) in [5, 5.41) is 0. The van der Waals surface area contributed by atoms with Crippen LogP contribution in [0.4, 0.5) is 0 Å². The molecule has 0 aliphatic rings. The van der Waals surface area contributed by atoms with Crippen molar-refractivity contribution in [3.05, 3.63) is 46.5 Å². The highest BCUT2D eigenvalue weighted by Crippen LogP contribution is 2.22. The number of nitrogens with one attached hydrogen (secondary N) is 1. The molecule has 0 atom stereocenters. The van der Waals surface area contributed by atoms with Gasteiger partial charge in [-0.25, -0.2) is 0 Å². The van der Waals surface area contributed by atoms with Crippen LogP contribution in [0.2, 0.25) is 0 Å². The van der Waals surface area contributed by atoms with E-state index in [1.165, 1.54) is 11.3 Å². The van der Waals surface area contributed by atoms with Crippen molar-refractivity contribution in [2.24, 2.45) is 0 Å². The summed E-state index contributed by atoms with van der Waals surface area (Å²) >= 11 is 5.37. The second kappa shape index (κ2) is 5.11. The van der Waals surface area contributed by atoms with Crippen LogP contribution >= 0.6 is 12.2 Å². The summed E-state index contributed by atoms with van der Waals surface area (Å²) in [4.78, 5) is 3.13. The highest BCUT2D eigenvalue weighted by molar-refractivity contribution is 7.71. The molecular formula is C15H20N2S. The maximum atomic E-state index is 5.37. The second-order valence-electron chi connectivity index (χ2n) is 5.26. The molecule has 2 nitrogen and oxygen atoms in total. The van der Waals surface area contributed by atoms with Gasteiger partial charge in [-0.3, -0.25) is 4.57 Å². The first-order chi connectivity index (χ1) is 8.50. The fourth-order valence-electron chi connectivity index (χ4n) is 2.08. The zero-order valence-corrected chi connectivity index (χ0v) is 12.2. The minimum absolute atomic E-state index is 0.447. The number of hydrogen-bond acceptors (Lipinski definition) is 1. The second-order valence-corrected chi connectivity index (χ2v) is 5.64. The van der Waals surface area contributed by atoms with Gasteiger partial charge in [0.05, 0.1) is 0 Å². The van der Waals surface area contributed by atoms with Gasteiger partial charge in [0.1, 0.15) is 0 Å². The van der Waals surface area contributed by atoms with Crippen molar-refractivity contribution < 1.29 is 0 Å². The fourth-order valence-corrected chi connectivity index (χ4v) is 2.35. The predicted molar refractivity (Wildman–Crippen MR) is 79.1 cm³/mol. The molecule has 0 spiro atoms. The van der Waals surface area contributed by atoms with Gasteiger partial charge in [-0.15, -0.1) is 0 Å². The molecule has 1 aromatic carbocycles. The largest absolute Gasteiger partial charge is 0.337 e. The van der Waals surface area contributed by atoms with E-state index in [9.17, 15) is 0 Å². The molecule has 2 aromatic rings. The lowest BCUT2D eigenvalue weighted by molar-refractivity contribution is 0.782. The highest BCUT2D eigenvalue weighted by atomic mass is 32.1. The Bertz CT molecular complexity index is 573. The van der Waals surface area contributed by atoms with Gasteiger partial charge in [0.2, 0.25) is 0 Å². The summed E-state index contributed by atoms with van der Waals surface area (Å²) in [5.74, 6) is 1.01. The Balaban J connectivity index is 2.49. The van der Waals surface area contributed by atoms with Crippen LogP contribution < -0.4 is 0 Å². The third kappa shape index (κ3) is 2.41. The fraction of sp³-hybridized carbons (Fsp3) is 0.400. The first-order valence-electron chi connectivity index (χ1n) is 6.41. The van der Waals surface area contributed by atoms with Crippen LogP contribution in [0.15, 0.2) is 30.5 Å². The Morgan fingerprint density at radius 3 is 2.11 bits per heavy atom. The first-order valence-corrected chi connectivity index (χ1v) is 6.82. The van der Waals surface area contributed by atoms with Crippen molar-refractivity contribution in [3.8, 4) is 5.69 Å².